The number of rotatable bonds is 3. The first-order chi connectivity index (χ1) is 7.67. The van der Waals surface area contributed by atoms with Gasteiger partial charge in [0.2, 0.25) is 0 Å². The van der Waals surface area contributed by atoms with Gasteiger partial charge in [0.25, 0.3) is 0 Å². The highest BCUT2D eigenvalue weighted by atomic mass is 16.6. The molecule has 0 amide bonds. The van der Waals surface area contributed by atoms with Gasteiger partial charge >= 0.3 is 5.97 Å². The number of aromatic amines is 1. The molecule has 0 saturated carbocycles. The topological polar surface area (TPSA) is 77.1 Å². The number of nitrogens with zero attached hydrogens (tertiary/aromatic N) is 2. The third kappa shape index (κ3) is 3.26. The second-order valence-corrected chi connectivity index (χ2v) is 5.24. The van der Waals surface area contributed by atoms with Crippen LogP contribution in [-0.4, -0.2) is 34.1 Å². The van der Waals surface area contributed by atoms with Gasteiger partial charge < -0.3 is 9.47 Å². The maximum atomic E-state index is 11.9. The monoisotopic (exact) mass is 241 g/mol. The van der Waals surface area contributed by atoms with E-state index in [1.54, 1.807) is 41.7 Å². The molecule has 0 aliphatic carbocycles. The Morgan fingerprint density at radius 2 is 1.76 bits per heavy atom. The van der Waals surface area contributed by atoms with Gasteiger partial charge in [-0.3, -0.25) is 0 Å². The zero-order valence-corrected chi connectivity index (χ0v) is 11.1. The predicted molar refractivity (Wildman–Crippen MR) is 61.6 cm³/mol. The molecule has 6 heteroatoms. The maximum Gasteiger partial charge on any atom is 0.361 e. The highest BCUT2D eigenvalue weighted by molar-refractivity contribution is 5.88. The molecule has 0 spiro atoms. The molecule has 0 aliphatic heterocycles. The minimum absolute atomic E-state index is 0.159. The molecule has 1 aromatic rings. The van der Waals surface area contributed by atoms with E-state index >= 15 is 0 Å². The van der Waals surface area contributed by atoms with E-state index in [2.05, 4.69) is 15.4 Å². The number of nitrogens with one attached hydrogen (secondary N) is 1. The molecule has 0 aromatic carbocycles. The van der Waals surface area contributed by atoms with Crippen LogP contribution in [0, 0.1) is 0 Å². The van der Waals surface area contributed by atoms with Gasteiger partial charge in [-0.25, -0.2) is 4.79 Å². The molecular weight excluding hydrogens is 222 g/mol. The summed E-state index contributed by atoms with van der Waals surface area (Å²) in [7, 11) is 1.55. The van der Waals surface area contributed by atoms with E-state index in [9.17, 15) is 4.79 Å². The SMILES string of the molecule is COC(C)(C)c1n[nH]nc1C(=O)OC(C)(C)C. The van der Waals surface area contributed by atoms with Crippen LogP contribution < -0.4 is 0 Å². The van der Waals surface area contributed by atoms with Crippen LogP contribution in [0.1, 0.15) is 50.8 Å². The first-order valence-electron chi connectivity index (χ1n) is 5.37. The van der Waals surface area contributed by atoms with Gasteiger partial charge in [0, 0.05) is 7.11 Å². The molecule has 0 radical (unpaired) electrons. The average Bonchev–Trinajstić information content (AvgIpc) is 2.63. The van der Waals surface area contributed by atoms with Crippen molar-refractivity contribution in [3.05, 3.63) is 11.4 Å². The molecule has 1 heterocycles. The van der Waals surface area contributed by atoms with Gasteiger partial charge in [-0.1, -0.05) is 0 Å². The quantitative estimate of drug-likeness (QED) is 0.814. The summed E-state index contributed by atoms with van der Waals surface area (Å²) in [5.74, 6) is -0.508. The largest absolute Gasteiger partial charge is 0.455 e. The second-order valence-electron chi connectivity index (χ2n) is 5.24. The minimum Gasteiger partial charge on any atom is -0.455 e. The van der Waals surface area contributed by atoms with Crippen molar-refractivity contribution in [1.29, 1.82) is 0 Å². The van der Waals surface area contributed by atoms with Crippen LogP contribution in [0.4, 0.5) is 0 Å². The number of ether oxygens (including phenoxy) is 2. The fourth-order valence-corrected chi connectivity index (χ4v) is 1.22. The van der Waals surface area contributed by atoms with Crippen molar-refractivity contribution in [3.63, 3.8) is 0 Å². The zero-order chi connectivity index (χ0) is 13.3. The Morgan fingerprint density at radius 1 is 1.18 bits per heavy atom. The van der Waals surface area contributed by atoms with E-state index in [-0.39, 0.29) is 5.69 Å². The number of aromatic nitrogens is 3. The van der Waals surface area contributed by atoms with Crippen LogP contribution in [0.25, 0.3) is 0 Å². The van der Waals surface area contributed by atoms with Crippen LogP contribution in [0.3, 0.4) is 0 Å². The Hall–Kier alpha value is -1.43. The molecule has 96 valence electrons. The lowest BCUT2D eigenvalue weighted by Crippen LogP contribution is -2.28. The number of methoxy groups -OCH3 is 1. The Labute approximate surface area is 101 Å². The Morgan fingerprint density at radius 3 is 2.24 bits per heavy atom. The van der Waals surface area contributed by atoms with Crippen LogP contribution in [0.5, 0.6) is 0 Å². The van der Waals surface area contributed by atoms with Crippen molar-refractivity contribution in [2.75, 3.05) is 7.11 Å². The van der Waals surface area contributed by atoms with Crippen molar-refractivity contribution in [2.45, 2.75) is 45.8 Å². The maximum absolute atomic E-state index is 11.9. The first kappa shape index (κ1) is 13.6. The fourth-order valence-electron chi connectivity index (χ4n) is 1.22. The second kappa shape index (κ2) is 4.44. The number of H-pyrrole nitrogens is 1. The average molecular weight is 241 g/mol. The van der Waals surface area contributed by atoms with Gasteiger partial charge in [-0.05, 0) is 34.6 Å². The van der Waals surface area contributed by atoms with Crippen molar-refractivity contribution < 1.29 is 14.3 Å². The van der Waals surface area contributed by atoms with Crippen molar-refractivity contribution in [3.8, 4) is 0 Å². The standard InChI is InChI=1S/C11H19N3O3/c1-10(2,3)17-9(15)7-8(13-14-12-7)11(4,5)16-6/h1-6H3,(H,12,13,14). The molecule has 0 bridgehead atoms. The molecule has 0 aliphatic rings. The highest BCUT2D eigenvalue weighted by Crippen LogP contribution is 2.25. The number of esters is 1. The lowest BCUT2D eigenvalue weighted by molar-refractivity contribution is 0.000122. The molecule has 17 heavy (non-hydrogen) atoms. The van der Waals surface area contributed by atoms with Crippen LogP contribution in [0.2, 0.25) is 0 Å². The molecule has 0 saturated heterocycles. The summed E-state index contributed by atoms with van der Waals surface area (Å²) in [5.41, 5.74) is -0.662. The van der Waals surface area contributed by atoms with Crippen LogP contribution in [0.15, 0.2) is 0 Å². The van der Waals surface area contributed by atoms with Gasteiger partial charge in [-0.2, -0.15) is 10.3 Å². The van der Waals surface area contributed by atoms with Gasteiger partial charge in [-0.15, -0.1) is 5.10 Å². The van der Waals surface area contributed by atoms with Crippen molar-refractivity contribution >= 4 is 5.97 Å². The number of hydrogen-bond acceptors (Lipinski definition) is 5. The molecule has 0 unspecified atom stereocenters. The summed E-state index contributed by atoms with van der Waals surface area (Å²) < 4.78 is 10.5. The number of carbonyl (C=O) groups excluding carboxylic acids is 1. The van der Waals surface area contributed by atoms with E-state index in [1.165, 1.54) is 0 Å². The fraction of sp³-hybridized carbons (Fsp3) is 0.727. The zero-order valence-electron chi connectivity index (χ0n) is 11.1. The molecular formula is C11H19N3O3. The third-order valence-corrected chi connectivity index (χ3v) is 2.22. The summed E-state index contributed by atoms with van der Waals surface area (Å²) in [6.07, 6.45) is 0. The predicted octanol–water partition coefficient (Wildman–Crippen LogP) is 1.64. The minimum atomic E-state index is -0.695. The molecule has 1 rings (SSSR count). The van der Waals surface area contributed by atoms with E-state index < -0.39 is 17.2 Å². The molecule has 1 N–H and O–H groups in total. The summed E-state index contributed by atoms with van der Waals surface area (Å²) in [5, 5.41) is 10.2. The van der Waals surface area contributed by atoms with Gasteiger partial charge in [0.1, 0.15) is 16.9 Å². The first-order valence-corrected chi connectivity index (χ1v) is 5.37. The van der Waals surface area contributed by atoms with E-state index in [1.807, 2.05) is 0 Å². The van der Waals surface area contributed by atoms with Crippen LogP contribution in [-0.2, 0) is 15.1 Å². The van der Waals surface area contributed by atoms with Gasteiger partial charge in [0.05, 0.1) is 0 Å². The van der Waals surface area contributed by atoms with Crippen molar-refractivity contribution in [2.24, 2.45) is 0 Å². The number of hydrogen-bond donors (Lipinski definition) is 1. The van der Waals surface area contributed by atoms with Crippen LogP contribution >= 0.6 is 0 Å². The highest BCUT2D eigenvalue weighted by Gasteiger charge is 2.32. The molecule has 6 nitrogen and oxygen atoms in total. The lowest BCUT2D eigenvalue weighted by Gasteiger charge is -2.22. The third-order valence-electron chi connectivity index (χ3n) is 2.22. The number of carbonyl (C=O) groups is 1. The van der Waals surface area contributed by atoms with E-state index in [0.29, 0.717) is 5.69 Å². The molecule has 1 aromatic heterocycles. The molecule has 0 fully saturated rings. The van der Waals surface area contributed by atoms with Gasteiger partial charge in [0.15, 0.2) is 5.69 Å². The summed E-state index contributed by atoms with van der Waals surface area (Å²) in [6, 6.07) is 0. The Balaban J connectivity index is 3.01. The normalized spacial score (nSPS) is 12.6. The van der Waals surface area contributed by atoms with Crippen molar-refractivity contribution in [1.82, 2.24) is 15.4 Å². The lowest BCUT2D eigenvalue weighted by atomic mass is 10.0. The smallest absolute Gasteiger partial charge is 0.361 e. The van der Waals surface area contributed by atoms with E-state index in [4.69, 9.17) is 9.47 Å². The molecule has 0 atom stereocenters. The van der Waals surface area contributed by atoms with E-state index in [0.717, 1.165) is 0 Å². The summed E-state index contributed by atoms with van der Waals surface area (Å²) in [4.78, 5) is 11.9. The summed E-state index contributed by atoms with van der Waals surface area (Å²) in [6.45, 7) is 9.00. The Bertz CT molecular complexity index is 404. The Kier molecular flexibility index (Phi) is 3.56. The summed E-state index contributed by atoms with van der Waals surface area (Å²) >= 11 is 0.